The number of carbonyl (C=O) groups excluding carboxylic acids is 1. The van der Waals surface area contributed by atoms with Gasteiger partial charge in [0.2, 0.25) is 0 Å². The second kappa shape index (κ2) is 5.95. The Hall–Kier alpha value is -1.43. The lowest BCUT2D eigenvalue weighted by Crippen LogP contribution is -2.35. The van der Waals surface area contributed by atoms with Crippen LogP contribution in [0, 0.1) is 5.92 Å². The fourth-order valence-corrected chi connectivity index (χ4v) is 1.99. The molecule has 2 rings (SSSR count). The lowest BCUT2D eigenvalue weighted by Gasteiger charge is -2.15. The van der Waals surface area contributed by atoms with Crippen molar-refractivity contribution in [3.8, 4) is 0 Å². The minimum atomic E-state index is -0.134. The van der Waals surface area contributed by atoms with Crippen LogP contribution in [0.25, 0.3) is 0 Å². The molecule has 1 saturated carbocycles. The summed E-state index contributed by atoms with van der Waals surface area (Å²) in [7, 11) is 0. The van der Waals surface area contributed by atoms with E-state index in [4.69, 9.17) is 5.73 Å². The van der Waals surface area contributed by atoms with Crippen LogP contribution in [-0.4, -0.2) is 33.5 Å². The summed E-state index contributed by atoms with van der Waals surface area (Å²) in [5.74, 6) is 0.675. The van der Waals surface area contributed by atoms with Crippen molar-refractivity contribution in [1.82, 2.24) is 20.3 Å². The van der Waals surface area contributed by atoms with Crippen LogP contribution < -0.4 is 11.1 Å². The molecule has 18 heavy (non-hydrogen) atoms. The monoisotopic (exact) mass is 251 g/mol. The van der Waals surface area contributed by atoms with Crippen LogP contribution in [0.5, 0.6) is 0 Å². The number of rotatable bonds is 7. The van der Waals surface area contributed by atoms with Crippen LogP contribution in [0.15, 0.2) is 6.20 Å². The van der Waals surface area contributed by atoms with Gasteiger partial charge in [0.15, 0.2) is 5.69 Å². The van der Waals surface area contributed by atoms with E-state index in [0.29, 0.717) is 18.8 Å². The number of hydrogen-bond donors (Lipinski definition) is 2. The van der Waals surface area contributed by atoms with Gasteiger partial charge in [-0.2, -0.15) is 0 Å². The zero-order chi connectivity index (χ0) is 13.0. The van der Waals surface area contributed by atoms with Gasteiger partial charge in [0.1, 0.15) is 0 Å². The average Bonchev–Trinajstić information content (AvgIpc) is 3.05. The van der Waals surface area contributed by atoms with E-state index in [-0.39, 0.29) is 11.9 Å². The lowest BCUT2D eigenvalue weighted by atomic mass is 10.1. The molecule has 100 valence electrons. The molecule has 0 radical (unpaired) electrons. The first-order valence-corrected chi connectivity index (χ1v) is 6.64. The van der Waals surface area contributed by atoms with E-state index in [1.54, 1.807) is 10.9 Å². The molecule has 0 saturated heterocycles. The smallest absolute Gasteiger partial charge is 0.273 e. The zero-order valence-electron chi connectivity index (χ0n) is 10.8. The number of hydrogen-bond acceptors (Lipinski definition) is 4. The average molecular weight is 251 g/mol. The van der Waals surface area contributed by atoms with Crippen molar-refractivity contribution >= 4 is 5.91 Å². The minimum absolute atomic E-state index is 0.134. The first kappa shape index (κ1) is 13.0. The van der Waals surface area contributed by atoms with Crippen LogP contribution in [0.1, 0.15) is 43.1 Å². The summed E-state index contributed by atoms with van der Waals surface area (Å²) >= 11 is 0. The van der Waals surface area contributed by atoms with E-state index >= 15 is 0 Å². The van der Waals surface area contributed by atoms with Crippen molar-refractivity contribution in [2.45, 2.75) is 45.2 Å². The van der Waals surface area contributed by atoms with E-state index in [0.717, 1.165) is 18.8 Å². The predicted octanol–water partition coefficient (Wildman–Crippen LogP) is 0.545. The third kappa shape index (κ3) is 3.53. The normalized spacial score (nSPS) is 16.6. The SMILES string of the molecule is CCC(CC1CC1)NC(=O)c1cn(CCN)nn1. The molecule has 1 aromatic heterocycles. The molecule has 0 spiro atoms. The van der Waals surface area contributed by atoms with Gasteiger partial charge in [-0.3, -0.25) is 9.48 Å². The van der Waals surface area contributed by atoms with E-state index in [1.165, 1.54) is 12.8 Å². The van der Waals surface area contributed by atoms with Crippen LogP contribution in [-0.2, 0) is 6.54 Å². The van der Waals surface area contributed by atoms with Gasteiger partial charge >= 0.3 is 0 Å². The van der Waals surface area contributed by atoms with Crippen molar-refractivity contribution < 1.29 is 4.79 Å². The highest BCUT2D eigenvalue weighted by Gasteiger charge is 2.26. The Kier molecular flexibility index (Phi) is 4.30. The van der Waals surface area contributed by atoms with Gasteiger partial charge in [0.25, 0.3) is 5.91 Å². The molecule has 1 fully saturated rings. The maximum absolute atomic E-state index is 12.0. The maximum Gasteiger partial charge on any atom is 0.273 e. The number of nitrogens with zero attached hydrogens (tertiary/aromatic N) is 3. The molecule has 1 amide bonds. The third-order valence-electron chi connectivity index (χ3n) is 3.27. The molecule has 0 aromatic carbocycles. The maximum atomic E-state index is 12.0. The molecular weight excluding hydrogens is 230 g/mol. The molecule has 3 N–H and O–H groups in total. The molecule has 6 nitrogen and oxygen atoms in total. The molecule has 1 aliphatic carbocycles. The standard InChI is InChI=1S/C12H21N5O/c1-2-10(7-9-3-4-9)14-12(18)11-8-17(6-5-13)16-15-11/h8-10H,2-7,13H2,1H3,(H,14,18). The minimum Gasteiger partial charge on any atom is -0.348 e. The Morgan fingerprint density at radius 1 is 1.67 bits per heavy atom. The largest absolute Gasteiger partial charge is 0.348 e. The Labute approximate surface area is 107 Å². The fraction of sp³-hybridized carbons (Fsp3) is 0.750. The highest BCUT2D eigenvalue weighted by atomic mass is 16.2. The molecule has 0 aliphatic heterocycles. The highest BCUT2D eigenvalue weighted by molar-refractivity contribution is 5.92. The Balaban J connectivity index is 1.88. The topological polar surface area (TPSA) is 85.8 Å². The molecule has 1 heterocycles. The van der Waals surface area contributed by atoms with Gasteiger partial charge in [-0.25, -0.2) is 0 Å². The van der Waals surface area contributed by atoms with Crippen LogP contribution >= 0.6 is 0 Å². The van der Waals surface area contributed by atoms with Crippen LogP contribution in [0.2, 0.25) is 0 Å². The van der Waals surface area contributed by atoms with Crippen LogP contribution in [0.3, 0.4) is 0 Å². The summed E-state index contributed by atoms with van der Waals surface area (Å²) in [6.45, 7) is 3.17. The first-order chi connectivity index (χ1) is 8.72. The van der Waals surface area contributed by atoms with E-state index < -0.39 is 0 Å². The number of aromatic nitrogens is 3. The predicted molar refractivity (Wildman–Crippen MR) is 68.0 cm³/mol. The van der Waals surface area contributed by atoms with Crippen molar-refractivity contribution in [1.29, 1.82) is 0 Å². The van der Waals surface area contributed by atoms with Gasteiger partial charge in [-0.15, -0.1) is 5.10 Å². The quantitative estimate of drug-likeness (QED) is 0.741. The summed E-state index contributed by atoms with van der Waals surface area (Å²) in [4.78, 5) is 12.0. The molecule has 0 bridgehead atoms. The molecule has 6 heteroatoms. The highest BCUT2D eigenvalue weighted by Crippen LogP contribution is 2.34. The third-order valence-corrected chi connectivity index (χ3v) is 3.27. The van der Waals surface area contributed by atoms with Gasteiger partial charge < -0.3 is 11.1 Å². The van der Waals surface area contributed by atoms with Gasteiger partial charge in [0, 0.05) is 12.6 Å². The van der Waals surface area contributed by atoms with Gasteiger partial charge in [-0.05, 0) is 18.8 Å². The van der Waals surface area contributed by atoms with E-state index in [2.05, 4.69) is 22.6 Å². The van der Waals surface area contributed by atoms with Crippen molar-refractivity contribution in [3.63, 3.8) is 0 Å². The molecular formula is C12H21N5O. The van der Waals surface area contributed by atoms with Gasteiger partial charge in [-0.1, -0.05) is 25.0 Å². The summed E-state index contributed by atoms with van der Waals surface area (Å²) in [6, 6.07) is 0.254. The summed E-state index contributed by atoms with van der Waals surface area (Å²) in [6.07, 6.45) is 6.29. The fourth-order valence-electron chi connectivity index (χ4n) is 1.99. The van der Waals surface area contributed by atoms with Crippen molar-refractivity contribution in [2.75, 3.05) is 6.54 Å². The summed E-state index contributed by atoms with van der Waals surface area (Å²) in [5.41, 5.74) is 5.79. The summed E-state index contributed by atoms with van der Waals surface area (Å²) < 4.78 is 1.59. The van der Waals surface area contributed by atoms with Crippen LogP contribution in [0.4, 0.5) is 0 Å². The number of nitrogens with two attached hydrogens (primary N) is 1. The zero-order valence-corrected chi connectivity index (χ0v) is 10.8. The Morgan fingerprint density at radius 3 is 3.06 bits per heavy atom. The first-order valence-electron chi connectivity index (χ1n) is 6.64. The number of nitrogens with one attached hydrogen (secondary N) is 1. The van der Waals surface area contributed by atoms with E-state index in [9.17, 15) is 4.79 Å². The Bertz CT molecular complexity index is 399. The number of amides is 1. The van der Waals surface area contributed by atoms with E-state index in [1.807, 2.05) is 0 Å². The molecule has 1 atom stereocenters. The van der Waals surface area contributed by atoms with Gasteiger partial charge in [0.05, 0.1) is 12.7 Å². The second-order valence-electron chi connectivity index (χ2n) is 4.91. The summed E-state index contributed by atoms with van der Waals surface area (Å²) in [5, 5.41) is 10.7. The molecule has 1 aromatic rings. The molecule has 1 aliphatic rings. The Morgan fingerprint density at radius 2 is 2.44 bits per heavy atom. The lowest BCUT2D eigenvalue weighted by molar-refractivity contribution is 0.0927. The molecule has 1 unspecified atom stereocenters. The van der Waals surface area contributed by atoms with Crippen molar-refractivity contribution in [3.05, 3.63) is 11.9 Å². The number of carbonyl (C=O) groups is 1. The van der Waals surface area contributed by atoms with Crippen molar-refractivity contribution in [2.24, 2.45) is 11.7 Å². The second-order valence-corrected chi connectivity index (χ2v) is 4.91.